The van der Waals surface area contributed by atoms with E-state index in [0.717, 1.165) is 18.7 Å². The molecule has 1 aliphatic rings. The number of benzene rings is 1. The van der Waals surface area contributed by atoms with Gasteiger partial charge < -0.3 is 9.52 Å². The van der Waals surface area contributed by atoms with Gasteiger partial charge in [-0.15, -0.1) is 10.2 Å². The monoisotopic (exact) mass is 324 g/mol. The van der Waals surface area contributed by atoms with Crippen molar-refractivity contribution in [2.45, 2.75) is 19.4 Å². The lowest BCUT2D eigenvalue weighted by molar-refractivity contribution is 0.0697. The molecule has 0 radical (unpaired) electrons. The van der Waals surface area contributed by atoms with Crippen molar-refractivity contribution in [3.63, 3.8) is 0 Å². The van der Waals surface area contributed by atoms with E-state index in [9.17, 15) is 9.59 Å². The highest BCUT2D eigenvalue weighted by molar-refractivity contribution is 5.88. The molecule has 2 aromatic heterocycles. The minimum Gasteiger partial charge on any atom is -0.478 e. The average molecular weight is 324 g/mol. The zero-order valence-electron chi connectivity index (χ0n) is 12.5. The van der Waals surface area contributed by atoms with Crippen molar-refractivity contribution in [1.82, 2.24) is 19.7 Å². The third-order valence-corrected chi connectivity index (χ3v) is 3.92. The van der Waals surface area contributed by atoms with E-state index >= 15 is 0 Å². The highest BCUT2D eigenvalue weighted by Crippen LogP contribution is 2.23. The molecule has 0 amide bonds. The van der Waals surface area contributed by atoms with Crippen LogP contribution >= 0.6 is 0 Å². The molecule has 0 spiro atoms. The van der Waals surface area contributed by atoms with Crippen molar-refractivity contribution in [2.24, 2.45) is 0 Å². The quantitative estimate of drug-likeness (QED) is 0.779. The Morgan fingerprint density at radius 2 is 2.08 bits per heavy atom. The summed E-state index contributed by atoms with van der Waals surface area (Å²) in [6, 6.07) is 6.17. The fourth-order valence-electron chi connectivity index (χ4n) is 2.73. The zero-order chi connectivity index (χ0) is 16.7. The van der Waals surface area contributed by atoms with Gasteiger partial charge in [0.1, 0.15) is 11.4 Å². The third-order valence-electron chi connectivity index (χ3n) is 3.92. The van der Waals surface area contributed by atoms with Crippen LogP contribution < -0.4 is 5.56 Å². The molecule has 0 saturated heterocycles. The van der Waals surface area contributed by atoms with Crippen LogP contribution in [0.15, 0.2) is 39.7 Å². The lowest BCUT2D eigenvalue weighted by atomic mass is 10.1. The van der Waals surface area contributed by atoms with Gasteiger partial charge in [0.05, 0.1) is 5.56 Å². The van der Waals surface area contributed by atoms with E-state index in [2.05, 4.69) is 15.2 Å². The van der Waals surface area contributed by atoms with Gasteiger partial charge in [-0.3, -0.25) is 9.36 Å². The molecule has 1 aliphatic heterocycles. The Morgan fingerprint density at radius 3 is 2.92 bits per heavy atom. The molecule has 3 aromatic rings. The smallest absolute Gasteiger partial charge is 0.335 e. The van der Waals surface area contributed by atoms with E-state index in [1.54, 1.807) is 16.7 Å². The molecule has 24 heavy (non-hydrogen) atoms. The zero-order valence-corrected chi connectivity index (χ0v) is 12.5. The standard InChI is InChI=1S/C16H12N4O4/c21-15-11(8-17-12-5-2-6-20(12)15)14-19-18-13(24-14)9-3-1-4-10(7-9)16(22)23/h1,3-4,7-8H,2,5-6H2,(H,22,23). The Hall–Kier alpha value is -3.29. The number of carbonyl (C=O) groups is 1. The summed E-state index contributed by atoms with van der Waals surface area (Å²) in [6.45, 7) is 0.636. The average Bonchev–Trinajstić information content (AvgIpc) is 3.25. The van der Waals surface area contributed by atoms with Crippen LogP contribution in [0.25, 0.3) is 22.9 Å². The van der Waals surface area contributed by atoms with Gasteiger partial charge in [0.15, 0.2) is 0 Å². The molecule has 0 fully saturated rings. The van der Waals surface area contributed by atoms with Crippen LogP contribution in [0, 0.1) is 0 Å². The maximum Gasteiger partial charge on any atom is 0.335 e. The van der Waals surface area contributed by atoms with E-state index in [1.165, 1.54) is 18.3 Å². The first kappa shape index (κ1) is 14.3. The molecule has 8 nitrogen and oxygen atoms in total. The Morgan fingerprint density at radius 1 is 1.25 bits per heavy atom. The van der Waals surface area contributed by atoms with Crippen LogP contribution in [0.1, 0.15) is 22.6 Å². The van der Waals surface area contributed by atoms with Gasteiger partial charge in [-0.25, -0.2) is 9.78 Å². The Balaban J connectivity index is 1.75. The van der Waals surface area contributed by atoms with Crippen LogP contribution in [0.4, 0.5) is 0 Å². The number of fused-ring (bicyclic) bond motifs is 1. The second kappa shape index (κ2) is 5.41. The summed E-state index contributed by atoms with van der Waals surface area (Å²) in [5.41, 5.74) is 0.634. The minimum absolute atomic E-state index is 0.0745. The molecule has 0 aliphatic carbocycles. The van der Waals surface area contributed by atoms with E-state index in [0.29, 0.717) is 12.1 Å². The molecule has 8 heteroatoms. The molecule has 4 rings (SSSR count). The number of hydrogen-bond acceptors (Lipinski definition) is 6. The lowest BCUT2D eigenvalue weighted by Gasteiger charge is -2.02. The van der Waals surface area contributed by atoms with Crippen LogP contribution in [-0.4, -0.2) is 30.8 Å². The van der Waals surface area contributed by atoms with E-state index < -0.39 is 5.97 Å². The topological polar surface area (TPSA) is 111 Å². The first-order chi connectivity index (χ1) is 11.6. The number of rotatable bonds is 3. The number of carboxylic acid groups (broad SMARTS) is 1. The van der Waals surface area contributed by atoms with Crippen molar-refractivity contribution in [2.75, 3.05) is 0 Å². The Kier molecular flexibility index (Phi) is 3.23. The van der Waals surface area contributed by atoms with Crippen molar-refractivity contribution in [3.05, 3.63) is 52.2 Å². The summed E-state index contributed by atoms with van der Waals surface area (Å²) < 4.78 is 7.18. The van der Waals surface area contributed by atoms with Crippen LogP contribution in [-0.2, 0) is 13.0 Å². The van der Waals surface area contributed by atoms with Gasteiger partial charge in [0.2, 0.25) is 5.89 Å². The molecule has 0 atom stereocenters. The molecule has 0 bridgehead atoms. The summed E-state index contributed by atoms with van der Waals surface area (Å²) in [6.07, 6.45) is 3.12. The second-order valence-electron chi connectivity index (χ2n) is 5.45. The largest absolute Gasteiger partial charge is 0.478 e. The highest BCUT2D eigenvalue weighted by Gasteiger charge is 2.20. The Bertz CT molecular complexity index is 1010. The Labute approximate surface area is 135 Å². The predicted octanol–water partition coefficient (Wildman–Crippen LogP) is 1.60. The van der Waals surface area contributed by atoms with Gasteiger partial charge in [0, 0.05) is 24.7 Å². The van der Waals surface area contributed by atoms with Crippen LogP contribution in [0.2, 0.25) is 0 Å². The van der Waals surface area contributed by atoms with Gasteiger partial charge in [-0.05, 0) is 24.6 Å². The van der Waals surface area contributed by atoms with Gasteiger partial charge >= 0.3 is 5.97 Å². The first-order valence-corrected chi connectivity index (χ1v) is 7.40. The van der Waals surface area contributed by atoms with E-state index in [4.69, 9.17) is 9.52 Å². The van der Waals surface area contributed by atoms with Gasteiger partial charge in [-0.2, -0.15) is 0 Å². The number of aromatic carboxylic acids is 1. The van der Waals surface area contributed by atoms with Crippen LogP contribution in [0.3, 0.4) is 0 Å². The third kappa shape index (κ3) is 2.28. The summed E-state index contributed by atoms with van der Waals surface area (Å²) >= 11 is 0. The molecule has 0 saturated carbocycles. The minimum atomic E-state index is -1.04. The summed E-state index contributed by atoms with van der Waals surface area (Å²) in [4.78, 5) is 27.8. The summed E-state index contributed by atoms with van der Waals surface area (Å²) in [7, 11) is 0. The maximum atomic E-state index is 12.5. The molecule has 1 aromatic carbocycles. The van der Waals surface area contributed by atoms with Crippen LogP contribution in [0.5, 0.6) is 0 Å². The summed E-state index contributed by atoms with van der Waals surface area (Å²) in [5.74, 6) is -0.0567. The fraction of sp³-hybridized carbons (Fsp3) is 0.188. The van der Waals surface area contributed by atoms with E-state index in [1.807, 2.05) is 0 Å². The number of nitrogens with zero attached hydrogens (tertiary/aromatic N) is 4. The lowest BCUT2D eigenvalue weighted by Crippen LogP contribution is -2.22. The maximum absolute atomic E-state index is 12.5. The fourth-order valence-corrected chi connectivity index (χ4v) is 2.73. The van der Waals surface area contributed by atoms with Gasteiger partial charge in [0.25, 0.3) is 11.4 Å². The number of hydrogen-bond donors (Lipinski definition) is 1. The second-order valence-corrected chi connectivity index (χ2v) is 5.45. The van der Waals surface area contributed by atoms with Crippen molar-refractivity contribution in [1.29, 1.82) is 0 Å². The van der Waals surface area contributed by atoms with Crippen molar-refractivity contribution < 1.29 is 14.3 Å². The first-order valence-electron chi connectivity index (χ1n) is 7.40. The normalized spacial score (nSPS) is 13.0. The van der Waals surface area contributed by atoms with Gasteiger partial charge in [-0.1, -0.05) is 6.07 Å². The summed E-state index contributed by atoms with van der Waals surface area (Å²) in [5, 5.41) is 16.9. The van der Waals surface area contributed by atoms with Crippen molar-refractivity contribution >= 4 is 5.97 Å². The van der Waals surface area contributed by atoms with Crippen molar-refractivity contribution in [3.8, 4) is 22.9 Å². The number of aryl methyl sites for hydroxylation is 1. The molecule has 120 valence electrons. The molecular formula is C16H12N4O4. The highest BCUT2D eigenvalue weighted by atomic mass is 16.4. The number of aromatic nitrogens is 4. The SMILES string of the molecule is O=C(O)c1cccc(-c2nnc(-c3cnc4n(c3=O)CCC4)o2)c1. The predicted molar refractivity (Wildman–Crippen MR) is 82.5 cm³/mol. The molecule has 1 N–H and O–H groups in total. The molecular weight excluding hydrogens is 312 g/mol. The molecule has 3 heterocycles. The molecule has 0 unspecified atom stereocenters. The number of carboxylic acids is 1. The van der Waals surface area contributed by atoms with E-state index in [-0.39, 0.29) is 28.5 Å².